The predicted molar refractivity (Wildman–Crippen MR) is 99.0 cm³/mol. The van der Waals surface area contributed by atoms with Gasteiger partial charge in [0.1, 0.15) is 11.5 Å². The first kappa shape index (κ1) is 19.1. The highest BCUT2D eigenvalue weighted by molar-refractivity contribution is 5.87. The molecule has 0 fully saturated rings. The van der Waals surface area contributed by atoms with E-state index in [1.165, 1.54) is 0 Å². The predicted octanol–water partition coefficient (Wildman–Crippen LogP) is 4.91. The largest absolute Gasteiger partial charge is 0.507 e. The van der Waals surface area contributed by atoms with Crippen molar-refractivity contribution in [2.75, 3.05) is 0 Å². The van der Waals surface area contributed by atoms with Crippen molar-refractivity contribution in [3.05, 3.63) is 47.1 Å². The van der Waals surface area contributed by atoms with Crippen LogP contribution < -0.4 is 0 Å². The molecule has 0 amide bonds. The second kappa shape index (κ2) is 8.24. The summed E-state index contributed by atoms with van der Waals surface area (Å²) >= 11 is 0. The van der Waals surface area contributed by atoms with Gasteiger partial charge < -0.3 is 15.3 Å². The summed E-state index contributed by atoms with van der Waals surface area (Å²) in [6, 6.07) is 3.40. The zero-order valence-corrected chi connectivity index (χ0v) is 15.1. The Morgan fingerprint density at radius 1 is 1.24 bits per heavy atom. The molecular weight excluding hydrogens is 316 g/mol. The fraction of sp³-hybridized carbons (Fsp3) is 0.476. The second-order valence-electron chi connectivity index (χ2n) is 7.02. The molecule has 1 aromatic rings. The second-order valence-corrected chi connectivity index (χ2v) is 7.02. The minimum atomic E-state index is -0.944. The number of aliphatic carboxylic acids is 1. The summed E-state index contributed by atoms with van der Waals surface area (Å²) in [5, 5.41) is 30.4. The molecule has 2 atom stereocenters. The Bertz CT molecular complexity index is 664. The Labute approximate surface area is 149 Å². The van der Waals surface area contributed by atoms with Crippen molar-refractivity contribution in [1.82, 2.24) is 0 Å². The molecule has 0 saturated carbocycles. The summed E-state index contributed by atoms with van der Waals surface area (Å²) in [6.45, 7) is 8.05. The number of carbonyl (C=O) groups is 1. The number of allylic oxidation sites excluding steroid dienone is 2. The van der Waals surface area contributed by atoms with Gasteiger partial charge in [-0.1, -0.05) is 38.0 Å². The number of unbranched alkanes of at least 4 members (excludes halogenated alkanes) is 2. The minimum absolute atomic E-state index is 0.00541. The summed E-state index contributed by atoms with van der Waals surface area (Å²) in [6.07, 6.45) is 6.82. The van der Waals surface area contributed by atoms with Crippen molar-refractivity contribution >= 4 is 5.97 Å². The highest BCUT2D eigenvalue weighted by Gasteiger charge is 2.32. The van der Waals surface area contributed by atoms with Crippen LogP contribution in [0.1, 0.15) is 63.0 Å². The van der Waals surface area contributed by atoms with Gasteiger partial charge in [-0.05, 0) is 56.2 Å². The number of aryl methyl sites for hydroxylation is 1. The van der Waals surface area contributed by atoms with Crippen molar-refractivity contribution in [2.24, 2.45) is 5.92 Å². The maximum Gasteiger partial charge on any atom is 0.331 e. The van der Waals surface area contributed by atoms with Crippen molar-refractivity contribution < 1.29 is 20.1 Å². The van der Waals surface area contributed by atoms with Crippen LogP contribution >= 0.6 is 0 Å². The Morgan fingerprint density at radius 2 is 1.88 bits per heavy atom. The number of carboxylic acid groups (broad SMARTS) is 1. The molecule has 136 valence electrons. The lowest BCUT2D eigenvalue weighted by Crippen LogP contribution is -2.20. The van der Waals surface area contributed by atoms with Crippen LogP contribution in [0.5, 0.6) is 11.5 Å². The number of phenolic OH excluding ortho intramolecular Hbond substituents is 2. The summed E-state index contributed by atoms with van der Waals surface area (Å²) in [4.78, 5) is 11.4. The van der Waals surface area contributed by atoms with Crippen LogP contribution in [0.15, 0.2) is 35.9 Å². The number of carboxylic acids is 1. The van der Waals surface area contributed by atoms with E-state index in [-0.39, 0.29) is 23.3 Å². The van der Waals surface area contributed by atoms with Gasteiger partial charge in [-0.2, -0.15) is 0 Å². The van der Waals surface area contributed by atoms with Gasteiger partial charge in [0, 0.05) is 17.1 Å². The van der Waals surface area contributed by atoms with Crippen molar-refractivity contribution in [3.8, 4) is 11.5 Å². The van der Waals surface area contributed by atoms with Crippen molar-refractivity contribution in [1.29, 1.82) is 0 Å². The van der Waals surface area contributed by atoms with Crippen LogP contribution in [0.25, 0.3) is 0 Å². The Kier molecular flexibility index (Phi) is 6.29. The third kappa shape index (κ3) is 4.44. The third-order valence-corrected chi connectivity index (χ3v) is 5.05. The third-order valence-electron chi connectivity index (χ3n) is 5.05. The number of hydrogen-bond acceptors (Lipinski definition) is 3. The molecule has 0 aromatic heterocycles. The SMILES string of the molecule is C=C(C)[C@H]1CCC(C(=O)O)=C[C@@H]1c1c(O)cc(CCCCC)cc1O. The summed E-state index contributed by atoms with van der Waals surface area (Å²) in [5.41, 5.74) is 2.56. The molecule has 1 aliphatic carbocycles. The first-order valence-electron chi connectivity index (χ1n) is 8.99. The number of phenols is 2. The molecule has 0 unspecified atom stereocenters. The molecule has 0 radical (unpaired) electrons. The average molecular weight is 344 g/mol. The van der Waals surface area contributed by atoms with E-state index in [9.17, 15) is 20.1 Å². The lowest BCUT2D eigenvalue weighted by atomic mass is 9.73. The normalized spacial score (nSPS) is 20.2. The molecule has 2 rings (SSSR count). The topological polar surface area (TPSA) is 77.8 Å². The van der Waals surface area contributed by atoms with Gasteiger partial charge in [-0.15, -0.1) is 0 Å². The fourth-order valence-corrected chi connectivity index (χ4v) is 3.67. The molecule has 1 aromatic carbocycles. The van der Waals surface area contributed by atoms with Crippen LogP contribution in [0.3, 0.4) is 0 Å². The van der Waals surface area contributed by atoms with Gasteiger partial charge >= 0.3 is 5.97 Å². The van der Waals surface area contributed by atoms with E-state index in [4.69, 9.17) is 0 Å². The highest BCUT2D eigenvalue weighted by Crippen LogP contribution is 2.46. The molecule has 0 spiro atoms. The smallest absolute Gasteiger partial charge is 0.331 e. The number of rotatable bonds is 7. The number of hydrogen-bond donors (Lipinski definition) is 3. The fourth-order valence-electron chi connectivity index (χ4n) is 3.67. The Hall–Kier alpha value is -2.23. The molecular formula is C21H28O4. The van der Waals surface area contributed by atoms with Gasteiger partial charge in [-0.25, -0.2) is 4.79 Å². The molecule has 0 saturated heterocycles. The van der Waals surface area contributed by atoms with Crippen molar-refractivity contribution in [3.63, 3.8) is 0 Å². The Balaban J connectivity index is 2.40. The van der Waals surface area contributed by atoms with Crippen LogP contribution in [-0.2, 0) is 11.2 Å². The maximum atomic E-state index is 11.4. The quantitative estimate of drug-likeness (QED) is 0.485. The Morgan fingerprint density at radius 3 is 2.40 bits per heavy atom. The number of benzene rings is 1. The standard InChI is InChI=1S/C21H28O4/c1-4-5-6-7-14-10-18(22)20(19(23)11-14)17-12-15(21(24)25)8-9-16(17)13(2)3/h10-12,16-17,22-23H,2,4-9H2,1,3H3,(H,24,25)/t16-,17+/m1/s1. The van der Waals surface area contributed by atoms with Crippen LogP contribution in [0.2, 0.25) is 0 Å². The molecule has 0 heterocycles. The lowest BCUT2D eigenvalue weighted by molar-refractivity contribution is -0.133. The van der Waals surface area contributed by atoms with E-state index in [0.717, 1.165) is 36.8 Å². The molecule has 4 heteroatoms. The van der Waals surface area contributed by atoms with Crippen LogP contribution in [0.4, 0.5) is 0 Å². The molecule has 25 heavy (non-hydrogen) atoms. The zero-order valence-electron chi connectivity index (χ0n) is 15.1. The summed E-state index contributed by atoms with van der Waals surface area (Å²) < 4.78 is 0. The first-order chi connectivity index (χ1) is 11.8. The molecule has 3 N–H and O–H groups in total. The number of aromatic hydroxyl groups is 2. The van der Waals surface area contributed by atoms with Gasteiger partial charge in [0.05, 0.1) is 0 Å². The van der Waals surface area contributed by atoms with Crippen molar-refractivity contribution in [2.45, 2.75) is 58.3 Å². The monoisotopic (exact) mass is 344 g/mol. The van der Waals surface area contributed by atoms with Gasteiger partial charge in [0.2, 0.25) is 0 Å². The van der Waals surface area contributed by atoms with Gasteiger partial charge in [-0.3, -0.25) is 0 Å². The molecule has 1 aliphatic rings. The van der Waals surface area contributed by atoms with E-state index < -0.39 is 5.97 Å². The maximum absolute atomic E-state index is 11.4. The lowest BCUT2D eigenvalue weighted by Gasteiger charge is -2.31. The zero-order chi connectivity index (χ0) is 18.6. The van der Waals surface area contributed by atoms with E-state index in [1.807, 2.05) is 6.92 Å². The summed E-state index contributed by atoms with van der Waals surface area (Å²) in [5.74, 6) is -1.25. The molecule has 4 nitrogen and oxygen atoms in total. The summed E-state index contributed by atoms with van der Waals surface area (Å²) in [7, 11) is 0. The van der Waals surface area contributed by atoms with Gasteiger partial charge in [0.25, 0.3) is 0 Å². The highest BCUT2D eigenvalue weighted by atomic mass is 16.4. The first-order valence-corrected chi connectivity index (χ1v) is 8.99. The van der Waals surface area contributed by atoms with Crippen LogP contribution in [-0.4, -0.2) is 21.3 Å². The molecule has 0 aliphatic heterocycles. The van der Waals surface area contributed by atoms with E-state index in [0.29, 0.717) is 24.0 Å². The molecule has 0 bridgehead atoms. The van der Waals surface area contributed by atoms with Crippen LogP contribution in [0, 0.1) is 5.92 Å². The van der Waals surface area contributed by atoms with E-state index >= 15 is 0 Å². The minimum Gasteiger partial charge on any atom is -0.507 e. The van der Waals surface area contributed by atoms with Gasteiger partial charge in [0.15, 0.2) is 0 Å². The van der Waals surface area contributed by atoms with E-state index in [1.54, 1.807) is 18.2 Å². The average Bonchev–Trinajstić information content (AvgIpc) is 2.54. The van der Waals surface area contributed by atoms with E-state index in [2.05, 4.69) is 13.5 Å².